The standard InChI is InChI=1S/C20H25N3O2/c1-15-13-21-19(16-5-3-2-4-6-16)23(15)18-7-10-22(11-8-18)20(24)17-9-12-25-14-17/h2-6,13,17-18H,7-12,14H2,1H3. The van der Waals surface area contributed by atoms with Crippen molar-refractivity contribution < 1.29 is 9.53 Å². The molecular weight excluding hydrogens is 314 g/mol. The summed E-state index contributed by atoms with van der Waals surface area (Å²) in [5.41, 5.74) is 2.34. The van der Waals surface area contributed by atoms with Crippen molar-refractivity contribution in [3.05, 3.63) is 42.2 Å². The fraction of sp³-hybridized carbons (Fsp3) is 0.500. The van der Waals surface area contributed by atoms with Crippen LogP contribution in [-0.2, 0) is 9.53 Å². The Morgan fingerprint density at radius 3 is 2.60 bits per heavy atom. The molecule has 2 aliphatic rings. The maximum atomic E-state index is 12.6. The first kappa shape index (κ1) is 16.3. The summed E-state index contributed by atoms with van der Waals surface area (Å²) in [5.74, 6) is 1.39. The second-order valence-electron chi connectivity index (χ2n) is 7.08. The van der Waals surface area contributed by atoms with Gasteiger partial charge in [-0.2, -0.15) is 0 Å². The van der Waals surface area contributed by atoms with Gasteiger partial charge in [-0.25, -0.2) is 4.98 Å². The average molecular weight is 339 g/mol. The molecule has 25 heavy (non-hydrogen) atoms. The number of likely N-dealkylation sites (tertiary alicyclic amines) is 1. The zero-order chi connectivity index (χ0) is 17.2. The zero-order valence-corrected chi connectivity index (χ0v) is 14.7. The summed E-state index contributed by atoms with van der Waals surface area (Å²) in [7, 11) is 0. The predicted molar refractivity (Wildman–Crippen MR) is 96.2 cm³/mol. The molecule has 1 atom stereocenters. The summed E-state index contributed by atoms with van der Waals surface area (Å²) >= 11 is 0. The van der Waals surface area contributed by atoms with Gasteiger partial charge in [0.2, 0.25) is 5.91 Å². The molecule has 132 valence electrons. The number of piperidine rings is 1. The molecule has 1 unspecified atom stereocenters. The zero-order valence-electron chi connectivity index (χ0n) is 14.7. The lowest BCUT2D eigenvalue weighted by Gasteiger charge is -2.35. The molecule has 1 amide bonds. The molecule has 0 N–H and O–H groups in total. The number of imidazole rings is 1. The van der Waals surface area contributed by atoms with Gasteiger partial charge in [-0.3, -0.25) is 4.79 Å². The second-order valence-corrected chi connectivity index (χ2v) is 7.08. The van der Waals surface area contributed by atoms with Crippen LogP contribution < -0.4 is 0 Å². The van der Waals surface area contributed by atoms with E-state index in [9.17, 15) is 4.79 Å². The van der Waals surface area contributed by atoms with Crippen molar-refractivity contribution in [2.75, 3.05) is 26.3 Å². The van der Waals surface area contributed by atoms with Crippen molar-refractivity contribution in [2.24, 2.45) is 5.92 Å². The van der Waals surface area contributed by atoms with Gasteiger partial charge in [0.1, 0.15) is 5.82 Å². The van der Waals surface area contributed by atoms with Crippen molar-refractivity contribution in [3.8, 4) is 11.4 Å². The highest BCUT2D eigenvalue weighted by Gasteiger charge is 2.31. The van der Waals surface area contributed by atoms with Crippen LogP contribution in [-0.4, -0.2) is 46.7 Å². The SMILES string of the molecule is Cc1cnc(-c2ccccc2)n1C1CCN(C(=O)C2CCOC2)CC1. The Hall–Kier alpha value is -2.14. The Labute approximate surface area is 148 Å². The maximum absolute atomic E-state index is 12.6. The lowest BCUT2D eigenvalue weighted by atomic mass is 10.0. The molecule has 0 aliphatic carbocycles. The van der Waals surface area contributed by atoms with E-state index < -0.39 is 0 Å². The highest BCUT2D eigenvalue weighted by molar-refractivity contribution is 5.79. The maximum Gasteiger partial charge on any atom is 0.228 e. The number of ether oxygens (including phenoxy) is 1. The van der Waals surface area contributed by atoms with Crippen molar-refractivity contribution in [2.45, 2.75) is 32.2 Å². The van der Waals surface area contributed by atoms with Gasteiger partial charge in [0.25, 0.3) is 0 Å². The van der Waals surface area contributed by atoms with E-state index in [0.29, 0.717) is 12.6 Å². The van der Waals surface area contributed by atoms with Gasteiger partial charge in [0.15, 0.2) is 0 Å². The number of hydrogen-bond donors (Lipinski definition) is 0. The topological polar surface area (TPSA) is 47.4 Å². The normalized spacial score (nSPS) is 21.6. The van der Waals surface area contributed by atoms with Gasteiger partial charge < -0.3 is 14.2 Å². The Balaban J connectivity index is 1.48. The molecule has 0 spiro atoms. The lowest BCUT2D eigenvalue weighted by molar-refractivity contribution is -0.136. The van der Waals surface area contributed by atoms with Gasteiger partial charge in [-0.1, -0.05) is 30.3 Å². The summed E-state index contributed by atoms with van der Waals surface area (Å²) in [5, 5.41) is 0. The first-order valence-corrected chi connectivity index (χ1v) is 9.20. The molecule has 0 radical (unpaired) electrons. The Bertz CT molecular complexity index is 727. The van der Waals surface area contributed by atoms with E-state index in [1.807, 2.05) is 17.2 Å². The second kappa shape index (κ2) is 7.00. The van der Waals surface area contributed by atoms with E-state index in [4.69, 9.17) is 4.74 Å². The predicted octanol–water partition coefficient (Wildman–Crippen LogP) is 3.06. The van der Waals surface area contributed by atoms with E-state index >= 15 is 0 Å². The van der Waals surface area contributed by atoms with E-state index in [1.54, 1.807) is 0 Å². The molecule has 0 saturated carbocycles. The number of carbonyl (C=O) groups is 1. The molecule has 2 aromatic rings. The summed E-state index contributed by atoms with van der Waals surface area (Å²) in [6.07, 6.45) is 4.79. The summed E-state index contributed by atoms with van der Waals surface area (Å²) in [4.78, 5) is 19.3. The minimum absolute atomic E-state index is 0.0754. The summed E-state index contributed by atoms with van der Waals surface area (Å²) in [6, 6.07) is 10.7. The molecule has 5 nitrogen and oxygen atoms in total. The molecule has 1 aromatic carbocycles. The Morgan fingerprint density at radius 2 is 1.92 bits per heavy atom. The third-order valence-electron chi connectivity index (χ3n) is 5.43. The lowest BCUT2D eigenvalue weighted by Crippen LogP contribution is -2.42. The van der Waals surface area contributed by atoms with Crippen molar-refractivity contribution in [1.29, 1.82) is 0 Å². The molecule has 0 bridgehead atoms. The number of hydrogen-bond acceptors (Lipinski definition) is 3. The number of amides is 1. The molecule has 2 fully saturated rings. The number of aryl methyl sites for hydroxylation is 1. The molecule has 5 heteroatoms. The fourth-order valence-corrected chi connectivity index (χ4v) is 4.04. The van der Waals surface area contributed by atoms with Crippen LogP contribution in [0.1, 0.15) is 31.0 Å². The van der Waals surface area contributed by atoms with Crippen LogP contribution in [0.3, 0.4) is 0 Å². The number of nitrogens with zero attached hydrogens (tertiary/aromatic N) is 3. The molecule has 1 aromatic heterocycles. The minimum Gasteiger partial charge on any atom is -0.381 e. The summed E-state index contributed by atoms with van der Waals surface area (Å²) < 4.78 is 7.73. The molecule has 3 heterocycles. The van der Waals surface area contributed by atoms with Crippen LogP contribution in [0.4, 0.5) is 0 Å². The minimum atomic E-state index is 0.0754. The number of aromatic nitrogens is 2. The van der Waals surface area contributed by atoms with E-state index in [0.717, 1.165) is 50.3 Å². The Morgan fingerprint density at radius 1 is 1.16 bits per heavy atom. The Kier molecular flexibility index (Phi) is 4.57. The smallest absolute Gasteiger partial charge is 0.228 e. The highest BCUT2D eigenvalue weighted by atomic mass is 16.5. The highest BCUT2D eigenvalue weighted by Crippen LogP contribution is 2.31. The van der Waals surface area contributed by atoms with Crippen LogP contribution in [0.5, 0.6) is 0 Å². The summed E-state index contributed by atoms with van der Waals surface area (Å²) in [6.45, 7) is 5.09. The number of rotatable bonds is 3. The van der Waals surface area contributed by atoms with Crippen LogP contribution in [0.25, 0.3) is 11.4 Å². The molecule has 4 rings (SSSR count). The third kappa shape index (κ3) is 3.21. The van der Waals surface area contributed by atoms with E-state index in [-0.39, 0.29) is 11.8 Å². The van der Waals surface area contributed by atoms with Crippen LogP contribution >= 0.6 is 0 Å². The average Bonchev–Trinajstić information content (AvgIpc) is 3.32. The number of benzene rings is 1. The van der Waals surface area contributed by atoms with E-state index in [2.05, 4.69) is 40.7 Å². The van der Waals surface area contributed by atoms with Gasteiger partial charge >= 0.3 is 0 Å². The molecular formula is C20H25N3O2. The third-order valence-corrected chi connectivity index (χ3v) is 5.43. The molecule has 2 aliphatic heterocycles. The van der Waals surface area contributed by atoms with Crippen molar-refractivity contribution in [1.82, 2.24) is 14.5 Å². The largest absolute Gasteiger partial charge is 0.381 e. The van der Waals surface area contributed by atoms with Gasteiger partial charge in [0, 0.05) is 43.2 Å². The quantitative estimate of drug-likeness (QED) is 0.863. The first-order chi connectivity index (χ1) is 12.2. The van der Waals surface area contributed by atoms with Crippen LogP contribution in [0.15, 0.2) is 36.5 Å². The molecule has 2 saturated heterocycles. The van der Waals surface area contributed by atoms with Gasteiger partial charge in [0.05, 0.1) is 12.5 Å². The first-order valence-electron chi connectivity index (χ1n) is 9.20. The van der Waals surface area contributed by atoms with Crippen LogP contribution in [0, 0.1) is 12.8 Å². The number of carbonyl (C=O) groups excluding carboxylic acids is 1. The van der Waals surface area contributed by atoms with Gasteiger partial charge in [-0.15, -0.1) is 0 Å². The van der Waals surface area contributed by atoms with Gasteiger partial charge in [-0.05, 0) is 26.2 Å². The van der Waals surface area contributed by atoms with Crippen LogP contribution in [0.2, 0.25) is 0 Å². The van der Waals surface area contributed by atoms with Crippen molar-refractivity contribution >= 4 is 5.91 Å². The monoisotopic (exact) mass is 339 g/mol. The van der Waals surface area contributed by atoms with Crippen molar-refractivity contribution in [3.63, 3.8) is 0 Å². The van der Waals surface area contributed by atoms with E-state index in [1.165, 1.54) is 5.69 Å². The fourth-order valence-electron chi connectivity index (χ4n) is 4.04.